The maximum absolute atomic E-state index is 8.75. The summed E-state index contributed by atoms with van der Waals surface area (Å²) < 4.78 is 16.0. The molecule has 0 unspecified atom stereocenters. The zero-order chi connectivity index (χ0) is 12.4. The van der Waals surface area contributed by atoms with E-state index in [1.165, 1.54) is 0 Å². The molecule has 18 heavy (non-hydrogen) atoms. The molecule has 88 valence electrons. The van der Waals surface area contributed by atoms with E-state index in [2.05, 4.69) is 4.98 Å². The van der Waals surface area contributed by atoms with E-state index in [4.69, 9.17) is 19.5 Å². The molecule has 5 heteroatoms. The van der Waals surface area contributed by atoms with Crippen molar-refractivity contribution in [3.63, 3.8) is 0 Å². The number of nitriles is 1. The Balaban J connectivity index is 1.86. The summed E-state index contributed by atoms with van der Waals surface area (Å²) in [5, 5.41) is 8.75. The van der Waals surface area contributed by atoms with Crippen molar-refractivity contribution in [1.29, 1.82) is 5.26 Å². The number of hydrogen-bond acceptors (Lipinski definition) is 5. The van der Waals surface area contributed by atoms with Crippen molar-refractivity contribution in [2.75, 3.05) is 6.79 Å². The van der Waals surface area contributed by atoms with Crippen molar-refractivity contribution in [3.8, 4) is 29.2 Å². The Kier molecular flexibility index (Phi) is 2.47. The molecule has 1 aliphatic rings. The predicted octanol–water partition coefficient (Wildman–Crippen LogP) is 2.47. The average molecular weight is 240 g/mol. The van der Waals surface area contributed by atoms with E-state index < -0.39 is 0 Å². The van der Waals surface area contributed by atoms with Gasteiger partial charge < -0.3 is 14.2 Å². The Morgan fingerprint density at radius 3 is 2.94 bits per heavy atom. The van der Waals surface area contributed by atoms with Gasteiger partial charge in [0.1, 0.15) is 17.5 Å². The molecule has 0 amide bonds. The molecule has 3 rings (SSSR count). The Labute approximate surface area is 103 Å². The predicted molar refractivity (Wildman–Crippen MR) is 61.6 cm³/mol. The van der Waals surface area contributed by atoms with E-state index in [1.54, 1.807) is 36.4 Å². The van der Waals surface area contributed by atoms with Gasteiger partial charge in [-0.2, -0.15) is 5.26 Å². The number of ether oxygens (including phenoxy) is 3. The highest BCUT2D eigenvalue weighted by Crippen LogP contribution is 2.36. The van der Waals surface area contributed by atoms with Crippen LogP contribution in [-0.4, -0.2) is 11.8 Å². The van der Waals surface area contributed by atoms with Crippen LogP contribution in [0.1, 0.15) is 5.69 Å². The number of pyridine rings is 1. The van der Waals surface area contributed by atoms with Gasteiger partial charge in [0.05, 0.1) is 0 Å². The second kappa shape index (κ2) is 4.26. The van der Waals surface area contributed by atoms with Gasteiger partial charge in [0.15, 0.2) is 11.5 Å². The fourth-order valence-electron chi connectivity index (χ4n) is 1.60. The first kappa shape index (κ1) is 10.4. The molecule has 0 fully saturated rings. The minimum Gasteiger partial charge on any atom is -0.454 e. The number of rotatable bonds is 2. The Morgan fingerprint density at radius 2 is 2.06 bits per heavy atom. The lowest BCUT2D eigenvalue weighted by atomic mass is 10.3. The molecule has 5 nitrogen and oxygen atoms in total. The quantitative estimate of drug-likeness (QED) is 0.806. The molecule has 2 aromatic rings. The van der Waals surface area contributed by atoms with Crippen LogP contribution in [0.2, 0.25) is 0 Å². The third kappa shape index (κ3) is 1.92. The lowest BCUT2D eigenvalue weighted by molar-refractivity contribution is 0.174. The average Bonchev–Trinajstić information content (AvgIpc) is 2.86. The van der Waals surface area contributed by atoms with E-state index in [9.17, 15) is 0 Å². The van der Waals surface area contributed by atoms with Crippen molar-refractivity contribution < 1.29 is 14.2 Å². The van der Waals surface area contributed by atoms with Gasteiger partial charge in [-0.25, -0.2) is 4.98 Å². The van der Waals surface area contributed by atoms with E-state index in [0.717, 1.165) is 0 Å². The maximum atomic E-state index is 8.75. The van der Waals surface area contributed by atoms with E-state index in [0.29, 0.717) is 28.8 Å². The van der Waals surface area contributed by atoms with Crippen LogP contribution in [0, 0.1) is 11.3 Å². The molecule has 0 spiro atoms. The molecule has 1 aromatic heterocycles. The first-order chi connectivity index (χ1) is 8.85. The number of fused-ring (bicyclic) bond motifs is 1. The topological polar surface area (TPSA) is 64.4 Å². The van der Waals surface area contributed by atoms with Crippen molar-refractivity contribution in [1.82, 2.24) is 4.98 Å². The van der Waals surface area contributed by atoms with E-state index >= 15 is 0 Å². The maximum Gasteiger partial charge on any atom is 0.231 e. The van der Waals surface area contributed by atoms with Crippen molar-refractivity contribution in [2.24, 2.45) is 0 Å². The molecule has 0 radical (unpaired) electrons. The molecule has 1 aromatic carbocycles. The SMILES string of the molecule is N#Cc1cccc(Oc2ccc3c(c2)OCO3)n1. The molecule has 0 atom stereocenters. The van der Waals surface area contributed by atoms with Crippen LogP contribution in [0.4, 0.5) is 0 Å². The summed E-state index contributed by atoms with van der Waals surface area (Å²) in [5.74, 6) is 2.29. The molecule has 0 saturated heterocycles. The van der Waals surface area contributed by atoms with E-state index in [1.807, 2.05) is 6.07 Å². The standard InChI is InChI=1S/C13H8N2O3/c14-7-9-2-1-3-13(15-9)18-10-4-5-11-12(6-10)17-8-16-11/h1-6H,8H2. The summed E-state index contributed by atoms with van der Waals surface area (Å²) in [6.07, 6.45) is 0. The van der Waals surface area contributed by atoms with Crippen molar-refractivity contribution >= 4 is 0 Å². The Hall–Kier alpha value is -2.74. The zero-order valence-corrected chi connectivity index (χ0v) is 9.29. The van der Waals surface area contributed by atoms with Crippen LogP contribution in [0.25, 0.3) is 0 Å². The molecule has 0 aliphatic carbocycles. The van der Waals surface area contributed by atoms with Crippen LogP contribution in [0.15, 0.2) is 36.4 Å². The summed E-state index contributed by atoms with van der Waals surface area (Å²) >= 11 is 0. The monoisotopic (exact) mass is 240 g/mol. The van der Waals surface area contributed by atoms with Crippen LogP contribution >= 0.6 is 0 Å². The van der Waals surface area contributed by atoms with Crippen LogP contribution in [-0.2, 0) is 0 Å². The second-order valence-electron chi connectivity index (χ2n) is 3.59. The molecule has 2 heterocycles. The van der Waals surface area contributed by atoms with Gasteiger partial charge in [0.2, 0.25) is 12.7 Å². The third-order valence-electron chi connectivity index (χ3n) is 2.40. The molecule has 1 aliphatic heterocycles. The molecule has 0 saturated carbocycles. The third-order valence-corrected chi connectivity index (χ3v) is 2.40. The first-order valence-electron chi connectivity index (χ1n) is 5.30. The summed E-state index contributed by atoms with van der Waals surface area (Å²) in [6.45, 7) is 0.223. The smallest absolute Gasteiger partial charge is 0.231 e. The van der Waals surface area contributed by atoms with Gasteiger partial charge in [0.25, 0.3) is 0 Å². The zero-order valence-electron chi connectivity index (χ0n) is 9.29. The van der Waals surface area contributed by atoms with Crippen LogP contribution in [0.5, 0.6) is 23.1 Å². The van der Waals surface area contributed by atoms with Gasteiger partial charge in [0, 0.05) is 12.1 Å². The van der Waals surface area contributed by atoms with E-state index in [-0.39, 0.29) is 6.79 Å². The number of hydrogen-bond donors (Lipinski definition) is 0. The van der Waals surface area contributed by atoms with Gasteiger partial charge in [-0.15, -0.1) is 0 Å². The highest BCUT2D eigenvalue weighted by atomic mass is 16.7. The molecule has 0 N–H and O–H groups in total. The van der Waals surface area contributed by atoms with Crippen LogP contribution in [0.3, 0.4) is 0 Å². The summed E-state index contributed by atoms with van der Waals surface area (Å²) in [4.78, 5) is 4.02. The minimum absolute atomic E-state index is 0.223. The fraction of sp³-hybridized carbons (Fsp3) is 0.0769. The number of aromatic nitrogens is 1. The van der Waals surface area contributed by atoms with Gasteiger partial charge >= 0.3 is 0 Å². The highest BCUT2D eigenvalue weighted by Gasteiger charge is 2.14. The normalized spacial score (nSPS) is 11.9. The molecule has 0 bridgehead atoms. The Morgan fingerprint density at radius 1 is 1.17 bits per heavy atom. The van der Waals surface area contributed by atoms with Gasteiger partial charge in [-0.3, -0.25) is 0 Å². The summed E-state index contributed by atoms with van der Waals surface area (Å²) in [7, 11) is 0. The van der Waals surface area contributed by atoms with Crippen molar-refractivity contribution in [3.05, 3.63) is 42.1 Å². The lowest BCUT2D eigenvalue weighted by Crippen LogP contribution is -1.93. The lowest BCUT2D eigenvalue weighted by Gasteiger charge is -2.05. The van der Waals surface area contributed by atoms with Gasteiger partial charge in [-0.1, -0.05) is 6.07 Å². The largest absolute Gasteiger partial charge is 0.454 e. The minimum atomic E-state index is 0.223. The number of nitrogens with zero attached hydrogens (tertiary/aromatic N) is 2. The second-order valence-corrected chi connectivity index (χ2v) is 3.59. The van der Waals surface area contributed by atoms with Crippen molar-refractivity contribution in [2.45, 2.75) is 0 Å². The fourth-order valence-corrected chi connectivity index (χ4v) is 1.60. The van der Waals surface area contributed by atoms with Crippen LogP contribution < -0.4 is 14.2 Å². The Bertz CT molecular complexity index is 634. The van der Waals surface area contributed by atoms with Gasteiger partial charge in [-0.05, 0) is 18.2 Å². The molecular weight excluding hydrogens is 232 g/mol. The number of benzene rings is 1. The first-order valence-corrected chi connectivity index (χ1v) is 5.30. The summed E-state index contributed by atoms with van der Waals surface area (Å²) in [6, 6.07) is 12.2. The molecular formula is C13H8N2O3. The highest BCUT2D eigenvalue weighted by molar-refractivity contribution is 5.47. The summed E-state index contributed by atoms with van der Waals surface area (Å²) in [5.41, 5.74) is 0.313.